The number of allylic oxidation sites excluding steroid dienone is 1. The Bertz CT molecular complexity index is 801. The maximum absolute atomic E-state index is 14.3. The van der Waals surface area contributed by atoms with Crippen LogP contribution >= 0.6 is 0 Å². The van der Waals surface area contributed by atoms with Crippen molar-refractivity contribution in [3.05, 3.63) is 11.1 Å². The van der Waals surface area contributed by atoms with E-state index in [4.69, 9.17) is 14.2 Å². The molecule has 4 aliphatic rings. The number of aliphatic hydroxyl groups is 2. The molecule has 0 aromatic carbocycles. The summed E-state index contributed by atoms with van der Waals surface area (Å²) in [4.78, 5) is 14.3. The minimum atomic E-state index is -1.17. The van der Waals surface area contributed by atoms with Crippen molar-refractivity contribution in [2.45, 2.75) is 83.9 Å². The summed E-state index contributed by atoms with van der Waals surface area (Å²) in [5.74, 6) is -0.811. The first-order chi connectivity index (χ1) is 13.8. The van der Waals surface area contributed by atoms with Crippen LogP contribution in [0, 0.1) is 72.6 Å². The molecule has 32 heavy (non-hydrogen) atoms. The molecule has 2 bridgehead atoms. The molecule has 178 valence electrons. The second kappa shape index (κ2) is 9.27. The summed E-state index contributed by atoms with van der Waals surface area (Å²) >= 11 is 0. The summed E-state index contributed by atoms with van der Waals surface area (Å²) in [5.41, 5.74) is -1.97. The number of ether oxygens (including phenoxy) is 3. The van der Waals surface area contributed by atoms with E-state index in [0.29, 0.717) is 12.8 Å². The molecular weight excluding hydrogens is 662 g/mol. The topological polar surface area (TPSA) is 85.2 Å². The Kier molecular flexibility index (Phi) is 8.54. The maximum atomic E-state index is 14.3. The predicted octanol–water partition coefficient (Wildman–Crippen LogP) is 2.50. The molecule has 1 heterocycles. The van der Waals surface area contributed by atoms with Crippen LogP contribution in [0.25, 0.3) is 0 Å². The Labute approximate surface area is 240 Å². The normalized spacial score (nSPS) is 49.4. The van der Waals surface area contributed by atoms with Crippen LogP contribution < -0.4 is 0 Å². The van der Waals surface area contributed by atoms with Crippen LogP contribution in [0.1, 0.15) is 54.4 Å². The summed E-state index contributed by atoms with van der Waals surface area (Å²) in [6.07, 6.45) is -0.573. The monoisotopic (exact) mass is 700 g/mol. The van der Waals surface area contributed by atoms with E-state index in [-0.39, 0.29) is 92.9 Å². The molecule has 8 heteroatoms. The standard InChI is InChI=1S/C24H38O6.Ac.V/c1-12-10-24(27)14(3)19-22(6,15(28-7)9-16-23(19,26)11-30-16)20(25)18(29-8)17(13(12)2)21(24,4)5;;/h12,14-16,18-19,26-27H,9-11H2,1-8H3;;. The van der Waals surface area contributed by atoms with Gasteiger partial charge in [-0.1, -0.05) is 33.3 Å². The van der Waals surface area contributed by atoms with E-state index in [1.54, 1.807) is 14.2 Å². The molecule has 9 unspecified atom stereocenters. The third-order valence-corrected chi connectivity index (χ3v) is 9.70. The van der Waals surface area contributed by atoms with Gasteiger partial charge in [-0.2, -0.15) is 0 Å². The minimum absolute atomic E-state index is 0. The van der Waals surface area contributed by atoms with E-state index >= 15 is 0 Å². The molecule has 4 rings (SSSR count). The van der Waals surface area contributed by atoms with Crippen LogP contribution in [0.15, 0.2) is 11.1 Å². The molecule has 2 saturated carbocycles. The fourth-order valence-electron chi connectivity index (χ4n) is 7.77. The fraction of sp³-hybridized carbons (Fsp3) is 0.875. The van der Waals surface area contributed by atoms with E-state index in [1.807, 2.05) is 27.7 Å². The van der Waals surface area contributed by atoms with Crippen molar-refractivity contribution in [3.63, 3.8) is 0 Å². The second-order valence-corrected chi connectivity index (χ2v) is 11.0. The number of hydrogen-bond donors (Lipinski definition) is 2. The van der Waals surface area contributed by atoms with Gasteiger partial charge in [0.05, 0.1) is 29.8 Å². The Morgan fingerprint density at radius 3 is 2.16 bits per heavy atom. The van der Waals surface area contributed by atoms with Gasteiger partial charge in [-0.15, -0.1) is 0 Å². The number of fused-ring (bicyclic) bond motifs is 5. The van der Waals surface area contributed by atoms with Crippen molar-refractivity contribution >= 4 is 5.78 Å². The van der Waals surface area contributed by atoms with Crippen molar-refractivity contribution in [1.29, 1.82) is 0 Å². The van der Waals surface area contributed by atoms with Gasteiger partial charge in [0.2, 0.25) is 0 Å². The number of carbonyl (C=O) groups excluding carboxylic acids is 1. The zero-order chi connectivity index (χ0) is 22.4. The SMILES string of the molecule is COC1C(=O)C2(C)C(OC)CC3OCC3(O)C2C(C)C2(O)CC(C)C(C)=C1C2(C)C.[Ac].[V]. The first kappa shape index (κ1) is 29.5. The van der Waals surface area contributed by atoms with Gasteiger partial charge in [0.25, 0.3) is 0 Å². The van der Waals surface area contributed by atoms with Crippen LogP contribution in [0.3, 0.4) is 0 Å². The molecule has 2 radical (unpaired) electrons. The summed E-state index contributed by atoms with van der Waals surface area (Å²) in [6, 6.07) is 0. The van der Waals surface area contributed by atoms with E-state index in [1.165, 1.54) is 0 Å². The van der Waals surface area contributed by atoms with Crippen LogP contribution in [0.5, 0.6) is 0 Å². The maximum Gasteiger partial charge on any atom is 0.174 e. The van der Waals surface area contributed by atoms with Gasteiger partial charge in [-0.05, 0) is 37.7 Å². The molecule has 1 aliphatic heterocycles. The average Bonchev–Trinajstić information content (AvgIpc) is 2.67. The molecule has 9 atom stereocenters. The Morgan fingerprint density at radius 1 is 1.09 bits per heavy atom. The Morgan fingerprint density at radius 2 is 1.69 bits per heavy atom. The van der Waals surface area contributed by atoms with Gasteiger partial charge in [-0.3, -0.25) is 4.79 Å². The van der Waals surface area contributed by atoms with Gasteiger partial charge in [0.15, 0.2) is 5.78 Å². The van der Waals surface area contributed by atoms with E-state index < -0.39 is 40.2 Å². The summed E-state index contributed by atoms with van der Waals surface area (Å²) in [7, 11) is 3.18. The van der Waals surface area contributed by atoms with Gasteiger partial charge < -0.3 is 24.4 Å². The van der Waals surface area contributed by atoms with Crippen LogP contribution in [-0.2, 0) is 37.6 Å². The smallest absolute Gasteiger partial charge is 0.174 e. The molecule has 6 nitrogen and oxygen atoms in total. The molecule has 0 aromatic rings. The first-order valence-electron chi connectivity index (χ1n) is 11.2. The zero-order valence-corrected chi connectivity index (χ0v) is 26.8. The number of ketones is 1. The molecule has 3 aliphatic carbocycles. The zero-order valence-electron chi connectivity index (χ0n) is 20.6. The first-order valence-corrected chi connectivity index (χ1v) is 11.2. The molecule has 3 fully saturated rings. The fourth-order valence-corrected chi connectivity index (χ4v) is 7.77. The number of hydrogen-bond acceptors (Lipinski definition) is 6. The van der Waals surface area contributed by atoms with Crippen LogP contribution in [-0.4, -0.2) is 66.3 Å². The van der Waals surface area contributed by atoms with Crippen LogP contribution in [0.4, 0.5) is 0 Å². The minimum Gasteiger partial charge on any atom is -0.389 e. The number of carbonyl (C=O) groups is 1. The average molecular weight is 701 g/mol. The quantitative estimate of drug-likeness (QED) is 0.432. The summed E-state index contributed by atoms with van der Waals surface area (Å²) in [6.45, 7) is 12.3. The van der Waals surface area contributed by atoms with Gasteiger partial charge in [0.1, 0.15) is 11.7 Å². The van der Waals surface area contributed by atoms with E-state index in [2.05, 4.69) is 13.8 Å². The Hall–Kier alpha value is 1.24. The van der Waals surface area contributed by atoms with Crippen molar-refractivity contribution in [2.24, 2.45) is 28.6 Å². The summed E-state index contributed by atoms with van der Waals surface area (Å²) < 4.78 is 17.5. The number of rotatable bonds is 2. The molecular formula is C24H38AcO6V. The third kappa shape index (κ3) is 3.43. The molecule has 0 aromatic heterocycles. The molecule has 0 amide bonds. The number of Topliss-reactive ketones (excluding diaryl/α,β-unsaturated/α-hetero) is 1. The molecule has 1 saturated heterocycles. The van der Waals surface area contributed by atoms with Crippen molar-refractivity contribution in [2.75, 3.05) is 20.8 Å². The van der Waals surface area contributed by atoms with Gasteiger partial charge in [0, 0.05) is 94.6 Å². The van der Waals surface area contributed by atoms with Gasteiger partial charge >= 0.3 is 0 Å². The van der Waals surface area contributed by atoms with E-state index in [0.717, 1.165) is 11.1 Å². The van der Waals surface area contributed by atoms with Gasteiger partial charge in [-0.25, -0.2) is 0 Å². The number of methoxy groups -OCH3 is 2. The third-order valence-electron chi connectivity index (χ3n) is 9.70. The van der Waals surface area contributed by atoms with Crippen molar-refractivity contribution in [1.82, 2.24) is 0 Å². The predicted molar refractivity (Wildman–Crippen MR) is 112 cm³/mol. The molecule has 2 N–H and O–H groups in total. The summed E-state index contributed by atoms with van der Waals surface area (Å²) in [5, 5.41) is 24.1. The Balaban J connectivity index is 0.00000181. The largest absolute Gasteiger partial charge is 0.389 e. The second-order valence-electron chi connectivity index (χ2n) is 11.0. The van der Waals surface area contributed by atoms with Crippen molar-refractivity contribution in [3.8, 4) is 0 Å². The van der Waals surface area contributed by atoms with Crippen LogP contribution in [0.2, 0.25) is 0 Å². The van der Waals surface area contributed by atoms with E-state index in [9.17, 15) is 15.0 Å². The molecule has 0 spiro atoms. The van der Waals surface area contributed by atoms with Crippen molar-refractivity contribution < 1.29 is 91.8 Å².